The van der Waals surface area contributed by atoms with E-state index in [0.717, 1.165) is 33.3 Å². The summed E-state index contributed by atoms with van der Waals surface area (Å²) in [4.78, 5) is 12.8. The number of nitrogens with one attached hydrogen (secondary N) is 2. The molecule has 1 heterocycles. The van der Waals surface area contributed by atoms with Crippen molar-refractivity contribution in [3.63, 3.8) is 0 Å². The number of thioether (sulfide) groups is 1. The molecule has 5 heteroatoms. The van der Waals surface area contributed by atoms with Crippen molar-refractivity contribution in [3.8, 4) is 0 Å². The lowest BCUT2D eigenvalue weighted by Crippen LogP contribution is -2.23. The summed E-state index contributed by atoms with van der Waals surface area (Å²) < 4.78 is 0. The van der Waals surface area contributed by atoms with Crippen LogP contribution in [0.2, 0.25) is 5.02 Å². The largest absolute Gasteiger partial charge is 0.324 e. The smallest absolute Gasteiger partial charge is 0.246 e. The van der Waals surface area contributed by atoms with Crippen LogP contribution in [0, 0.1) is 5.92 Å². The fourth-order valence-electron chi connectivity index (χ4n) is 2.06. The van der Waals surface area contributed by atoms with Gasteiger partial charge >= 0.3 is 0 Å². The molecule has 2 rings (SSSR count). The average molecular weight is 299 g/mol. The third-order valence-corrected chi connectivity index (χ3v) is 4.69. The molecule has 2 N–H and O–H groups in total. The van der Waals surface area contributed by atoms with E-state index in [-0.39, 0.29) is 11.9 Å². The Hall–Kier alpha value is -0.710. The summed E-state index contributed by atoms with van der Waals surface area (Å²) in [7, 11) is 1.78. The summed E-state index contributed by atoms with van der Waals surface area (Å²) in [5, 5.41) is 6.62. The van der Waals surface area contributed by atoms with Gasteiger partial charge in [-0.05, 0) is 37.3 Å². The first kappa shape index (κ1) is 14.7. The molecule has 1 aliphatic heterocycles. The van der Waals surface area contributed by atoms with Crippen molar-refractivity contribution in [1.82, 2.24) is 5.32 Å². The van der Waals surface area contributed by atoms with E-state index in [1.165, 1.54) is 0 Å². The first-order valence-corrected chi connectivity index (χ1v) is 7.83. The van der Waals surface area contributed by atoms with Crippen molar-refractivity contribution < 1.29 is 4.79 Å². The van der Waals surface area contributed by atoms with Gasteiger partial charge < -0.3 is 10.6 Å². The van der Waals surface area contributed by atoms with Crippen LogP contribution < -0.4 is 10.6 Å². The molecule has 0 aliphatic carbocycles. The number of fused-ring (bicyclic) bond motifs is 1. The van der Waals surface area contributed by atoms with Crippen LogP contribution in [-0.4, -0.2) is 18.7 Å². The van der Waals surface area contributed by atoms with Gasteiger partial charge in [-0.15, -0.1) is 11.8 Å². The maximum Gasteiger partial charge on any atom is 0.246 e. The number of rotatable bonds is 5. The highest BCUT2D eigenvalue weighted by atomic mass is 35.5. The molecule has 104 valence electrons. The molecule has 0 fully saturated rings. The topological polar surface area (TPSA) is 41.1 Å². The molecular formula is C14H19ClN2OS. The lowest BCUT2D eigenvalue weighted by Gasteiger charge is -2.10. The minimum absolute atomic E-state index is 0.0158. The number of amides is 1. The number of likely N-dealkylation sites (N-methyl/N-ethyl adjacent to an activating group) is 1. The Morgan fingerprint density at radius 1 is 1.47 bits per heavy atom. The standard InChI is InChI=1S/C14H19ClN2OS/c1-8(2)4-5-19-12-7-11-9(6-10(12)15)13(16-3)14(18)17-11/h6-8,13,16H,4-5H2,1-3H3,(H,17,18). The predicted molar refractivity (Wildman–Crippen MR) is 82.1 cm³/mol. The van der Waals surface area contributed by atoms with E-state index in [9.17, 15) is 4.79 Å². The molecule has 3 nitrogen and oxygen atoms in total. The zero-order valence-corrected chi connectivity index (χ0v) is 13.0. The Labute approximate surface area is 123 Å². The van der Waals surface area contributed by atoms with Crippen LogP contribution in [0.25, 0.3) is 0 Å². The van der Waals surface area contributed by atoms with E-state index >= 15 is 0 Å². The van der Waals surface area contributed by atoms with Crippen molar-refractivity contribution in [2.24, 2.45) is 5.92 Å². The third kappa shape index (κ3) is 3.25. The molecule has 1 atom stereocenters. The van der Waals surface area contributed by atoms with Gasteiger partial charge in [0, 0.05) is 16.1 Å². The summed E-state index contributed by atoms with van der Waals surface area (Å²) in [6, 6.07) is 3.59. The van der Waals surface area contributed by atoms with Crippen molar-refractivity contribution in [3.05, 3.63) is 22.7 Å². The molecule has 0 saturated carbocycles. The van der Waals surface area contributed by atoms with E-state index in [4.69, 9.17) is 11.6 Å². The van der Waals surface area contributed by atoms with Gasteiger partial charge in [-0.2, -0.15) is 0 Å². The van der Waals surface area contributed by atoms with Crippen LogP contribution >= 0.6 is 23.4 Å². The van der Waals surface area contributed by atoms with Crippen LogP contribution in [0.1, 0.15) is 31.9 Å². The fraction of sp³-hybridized carbons (Fsp3) is 0.500. The number of carbonyl (C=O) groups excluding carboxylic acids is 1. The van der Waals surface area contributed by atoms with Gasteiger partial charge in [0.1, 0.15) is 6.04 Å². The second-order valence-corrected chi connectivity index (χ2v) is 6.66. The quantitative estimate of drug-likeness (QED) is 0.815. The molecule has 0 aromatic heterocycles. The Morgan fingerprint density at radius 2 is 2.21 bits per heavy atom. The monoisotopic (exact) mass is 298 g/mol. The van der Waals surface area contributed by atoms with Crippen molar-refractivity contribution in [2.45, 2.75) is 31.2 Å². The van der Waals surface area contributed by atoms with Gasteiger partial charge in [0.2, 0.25) is 5.91 Å². The van der Waals surface area contributed by atoms with Crippen LogP contribution in [0.15, 0.2) is 17.0 Å². The molecule has 0 radical (unpaired) electrons. The molecule has 1 amide bonds. The highest BCUT2D eigenvalue weighted by molar-refractivity contribution is 7.99. The molecule has 0 bridgehead atoms. The average Bonchev–Trinajstić information content (AvgIpc) is 2.63. The number of halogens is 1. The minimum atomic E-state index is -0.290. The van der Waals surface area contributed by atoms with Crippen molar-refractivity contribution in [1.29, 1.82) is 0 Å². The Kier molecular flexibility index (Phi) is 4.76. The van der Waals surface area contributed by atoms with Gasteiger partial charge in [-0.25, -0.2) is 0 Å². The van der Waals surface area contributed by atoms with Gasteiger partial charge in [0.15, 0.2) is 0 Å². The highest BCUT2D eigenvalue weighted by Gasteiger charge is 2.30. The fourth-order valence-corrected chi connectivity index (χ4v) is 3.61. The van der Waals surface area contributed by atoms with Crippen LogP contribution in [-0.2, 0) is 4.79 Å². The number of hydrogen-bond donors (Lipinski definition) is 2. The summed E-state index contributed by atoms with van der Waals surface area (Å²) in [6.45, 7) is 4.42. The van der Waals surface area contributed by atoms with E-state index in [1.807, 2.05) is 12.1 Å². The SMILES string of the molecule is CNC1C(=O)Nc2cc(SCCC(C)C)c(Cl)cc21. The van der Waals surface area contributed by atoms with Crippen LogP contribution in [0.3, 0.4) is 0 Å². The lowest BCUT2D eigenvalue weighted by molar-refractivity contribution is -0.117. The second-order valence-electron chi connectivity index (χ2n) is 5.11. The first-order chi connectivity index (χ1) is 9.02. The molecular weight excluding hydrogens is 280 g/mol. The molecule has 1 unspecified atom stereocenters. The second kappa shape index (κ2) is 6.16. The molecule has 1 aromatic carbocycles. The summed E-state index contributed by atoms with van der Waals surface area (Å²) >= 11 is 8.05. The molecule has 1 aromatic rings. The zero-order valence-electron chi connectivity index (χ0n) is 11.4. The molecule has 0 spiro atoms. The van der Waals surface area contributed by atoms with E-state index < -0.39 is 0 Å². The summed E-state index contributed by atoms with van der Waals surface area (Å²) in [6.07, 6.45) is 1.16. The first-order valence-electron chi connectivity index (χ1n) is 6.47. The summed E-state index contributed by atoms with van der Waals surface area (Å²) in [5.41, 5.74) is 1.81. The van der Waals surface area contributed by atoms with Gasteiger partial charge in [0.05, 0.1) is 5.02 Å². The minimum Gasteiger partial charge on any atom is -0.324 e. The zero-order chi connectivity index (χ0) is 14.0. The molecule has 0 saturated heterocycles. The van der Waals surface area contributed by atoms with E-state index in [2.05, 4.69) is 24.5 Å². The van der Waals surface area contributed by atoms with Gasteiger partial charge in [-0.3, -0.25) is 4.79 Å². The number of benzene rings is 1. The maximum atomic E-state index is 11.8. The van der Waals surface area contributed by atoms with Crippen molar-refractivity contribution in [2.75, 3.05) is 18.1 Å². The number of carbonyl (C=O) groups is 1. The molecule has 19 heavy (non-hydrogen) atoms. The highest BCUT2D eigenvalue weighted by Crippen LogP contribution is 2.39. The number of anilines is 1. The predicted octanol–water partition coefficient (Wildman–Crippen LogP) is 3.69. The Morgan fingerprint density at radius 3 is 2.84 bits per heavy atom. The number of hydrogen-bond acceptors (Lipinski definition) is 3. The van der Waals surface area contributed by atoms with Crippen LogP contribution in [0.4, 0.5) is 5.69 Å². The third-order valence-electron chi connectivity index (χ3n) is 3.18. The van der Waals surface area contributed by atoms with Crippen LogP contribution in [0.5, 0.6) is 0 Å². The van der Waals surface area contributed by atoms with Gasteiger partial charge in [0.25, 0.3) is 0 Å². The Balaban J connectivity index is 2.16. The summed E-state index contributed by atoms with van der Waals surface area (Å²) in [5.74, 6) is 1.71. The Bertz CT molecular complexity index is 491. The normalized spacial score (nSPS) is 17.7. The van der Waals surface area contributed by atoms with E-state index in [0.29, 0.717) is 5.92 Å². The maximum absolute atomic E-state index is 11.8. The van der Waals surface area contributed by atoms with Crippen molar-refractivity contribution >= 4 is 35.0 Å². The lowest BCUT2D eigenvalue weighted by atomic mass is 10.1. The molecule has 1 aliphatic rings. The van der Waals surface area contributed by atoms with E-state index in [1.54, 1.807) is 18.8 Å². The van der Waals surface area contributed by atoms with Gasteiger partial charge in [-0.1, -0.05) is 25.4 Å².